The summed E-state index contributed by atoms with van der Waals surface area (Å²) < 4.78 is 5.57. The maximum Gasteiger partial charge on any atom is 0.313 e. The summed E-state index contributed by atoms with van der Waals surface area (Å²) in [6.07, 6.45) is 2.31. The Morgan fingerprint density at radius 2 is 1.77 bits per heavy atom. The van der Waals surface area contributed by atoms with Crippen LogP contribution in [0.2, 0.25) is 0 Å². The van der Waals surface area contributed by atoms with Crippen LogP contribution in [-0.4, -0.2) is 16.5 Å². The van der Waals surface area contributed by atoms with Gasteiger partial charge in [0.15, 0.2) is 11.6 Å². The molecule has 0 saturated carbocycles. The number of hydrogen-bond donors (Lipinski definition) is 0. The Balaban J connectivity index is 2.31. The monoisotopic (exact) mass is 293 g/mol. The van der Waals surface area contributed by atoms with Crippen LogP contribution in [0.3, 0.4) is 0 Å². The predicted molar refractivity (Wildman–Crippen MR) is 78.2 cm³/mol. The molecule has 0 fully saturated rings. The molecule has 6 heteroatoms. The number of nitro groups is 1. The molecule has 3 aromatic rings. The van der Waals surface area contributed by atoms with Crippen LogP contribution in [0.5, 0.6) is 0 Å². The normalized spacial score (nSPS) is 13.8. The first kappa shape index (κ1) is 12.5. The van der Waals surface area contributed by atoms with Crippen LogP contribution in [0.15, 0.2) is 46.9 Å². The Bertz CT molecular complexity index is 1040. The number of nitrogens with zero attached hydrogens (tertiary/aromatic N) is 1. The maximum absolute atomic E-state index is 12.2. The number of ketones is 2. The molecule has 106 valence electrons. The van der Waals surface area contributed by atoms with Gasteiger partial charge in [0.2, 0.25) is 5.58 Å². The molecule has 1 aliphatic rings. The highest BCUT2D eigenvalue weighted by atomic mass is 16.6. The van der Waals surface area contributed by atoms with Gasteiger partial charge in [-0.3, -0.25) is 19.7 Å². The molecule has 0 saturated heterocycles. The molecule has 6 nitrogen and oxygen atoms in total. The summed E-state index contributed by atoms with van der Waals surface area (Å²) in [6.45, 7) is 0. The first-order chi connectivity index (χ1) is 10.6. The summed E-state index contributed by atoms with van der Waals surface area (Å²) in [5.41, 5.74) is 0.336. The van der Waals surface area contributed by atoms with Gasteiger partial charge in [-0.05, 0) is 18.2 Å². The van der Waals surface area contributed by atoms with Crippen LogP contribution >= 0.6 is 0 Å². The van der Waals surface area contributed by atoms with E-state index in [1.807, 2.05) is 0 Å². The van der Waals surface area contributed by atoms with Crippen molar-refractivity contribution in [1.29, 1.82) is 0 Å². The van der Waals surface area contributed by atoms with Gasteiger partial charge in [-0.1, -0.05) is 18.2 Å². The van der Waals surface area contributed by atoms with Crippen molar-refractivity contribution < 1.29 is 18.9 Å². The van der Waals surface area contributed by atoms with Gasteiger partial charge in [0, 0.05) is 28.0 Å². The van der Waals surface area contributed by atoms with Gasteiger partial charge in [-0.15, -0.1) is 0 Å². The van der Waals surface area contributed by atoms with E-state index in [0.717, 1.165) is 12.1 Å². The fraction of sp³-hybridized carbons (Fsp3) is 0. The molecule has 4 rings (SSSR count). The van der Waals surface area contributed by atoms with Gasteiger partial charge in [-0.25, -0.2) is 0 Å². The molecule has 0 atom stereocenters. The molecule has 0 spiro atoms. The first-order valence-electron chi connectivity index (χ1n) is 6.47. The predicted octanol–water partition coefficient (Wildman–Crippen LogP) is 3.43. The molecular weight excluding hydrogens is 286 g/mol. The van der Waals surface area contributed by atoms with Crippen LogP contribution < -0.4 is 0 Å². The Labute approximate surface area is 122 Å². The number of carbonyl (C=O) groups excluding carboxylic acids is 2. The van der Waals surface area contributed by atoms with Crippen molar-refractivity contribution in [2.45, 2.75) is 0 Å². The standard InChI is InChI=1S/C16H7NO5/c18-11-5-6-12(19)14-9(11)7-10(17(20)21)16-15(14)8-3-1-2-4-13(8)22-16/h1-7H. The Hall–Kier alpha value is -3.28. The van der Waals surface area contributed by atoms with Crippen LogP contribution in [0.1, 0.15) is 20.7 Å². The number of fused-ring (bicyclic) bond motifs is 5. The van der Waals surface area contributed by atoms with Crippen molar-refractivity contribution in [3.63, 3.8) is 0 Å². The fourth-order valence-electron chi connectivity index (χ4n) is 2.79. The summed E-state index contributed by atoms with van der Waals surface area (Å²) in [4.78, 5) is 34.9. The second-order valence-corrected chi connectivity index (χ2v) is 4.94. The third kappa shape index (κ3) is 1.49. The average molecular weight is 293 g/mol. The summed E-state index contributed by atoms with van der Waals surface area (Å²) in [6, 6.07) is 7.96. The van der Waals surface area contributed by atoms with Gasteiger partial charge in [0.25, 0.3) is 0 Å². The number of non-ortho nitro benzene ring substituents is 1. The molecule has 0 radical (unpaired) electrons. The zero-order valence-corrected chi connectivity index (χ0v) is 11.0. The van der Waals surface area contributed by atoms with Gasteiger partial charge in [0.1, 0.15) is 5.58 Å². The van der Waals surface area contributed by atoms with E-state index in [2.05, 4.69) is 0 Å². The van der Waals surface area contributed by atoms with Gasteiger partial charge in [-0.2, -0.15) is 0 Å². The maximum atomic E-state index is 12.2. The number of rotatable bonds is 1. The van der Waals surface area contributed by atoms with Crippen molar-refractivity contribution in [2.75, 3.05) is 0 Å². The third-order valence-electron chi connectivity index (χ3n) is 3.72. The molecular formula is C16H7NO5. The molecule has 0 amide bonds. The molecule has 1 heterocycles. The molecule has 0 aliphatic heterocycles. The van der Waals surface area contributed by atoms with Crippen LogP contribution in [0.4, 0.5) is 5.69 Å². The van der Waals surface area contributed by atoms with Crippen molar-refractivity contribution in [1.82, 2.24) is 0 Å². The number of hydrogen-bond acceptors (Lipinski definition) is 5. The molecule has 0 N–H and O–H groups in total. The smallest absolute Gasteiger partial charge is 0.313 e. The lowest BCUT2D eigenvalue weighted by atomic mass is 9.90. The van der Waals surface area contributed by atoms with Crippen molar-refractivity contribution in [3.05, 3.63) is 63.7 Å². The first-order valence-corrected chi connectivity index (χ1v) is 6.47. The molecule has 1 aromatic heterocycles. The lowest BCUT2D eigenvalue weighted by Crippen LogP contribution is -2.12. The molecule has 0 unspecified atom stereocenters. The van der Waals surface area contributed by atoms with Crippen LogP contribution in [0.25, 0.3) is 21.9 Å². The van der Waals surface area contributed by atoms with E-state index >= 15 is 0 Å². The highest BCUT2D eigenvalue weighted by Crippen LogP contribution is 2.40. The minimum absolute atomic E-state index is 0.0152. The largest absolute Gasteiger partial charge is 0.449 e. The number of nitro benzene ring substituents is 1. The third-order valence-corrected chi connectivity index (χ3v) is 3.72. The summed E-state index contributed by atoms with van der Waals surface area (Å²) in [7, 11) is 0. The minimum Gasteiger partial charge on any atom is -0.449 e. The average Bonchev–Trinajstić information content (AvgIpc) is 2.89. The SMILES string of the molecule is O=C1C=CC(=O)c2c1cc([N+](=O)[O-])c1oc3ccccc3c21. The molecule has 1 aliphatic carbocycles. The van der Waals surface area contributed by atoms with Crippen LogP contribution in [0, 0.1) is 10.1 Å². The van der Waals surface area contributed by atoms with Crippen LogP contribution in [-0.2, 0) is 0 Å². The molecule has 22 heavy (non-hydrogen) atoms. The number of furan rings is 1. The van der Waals surface area contributed by atoms with E-state index in [0.29, 0.717) is 16.4 Å². The topological polar surface area (TPSA) is 90.4 Å². The van der Waals surface area contributed by atoms with E-state index in [1.54, 1.807) is 24.3 Å². The van der Waals surface area contributed by atoms with Gasteiger partial charge >= 0.3 is 5.69 Å². The van der Waals surface area contributed by atoms with Crippen molar-refractivity contribution in [3.8, 4) is 0 Å². The minimum atomic E-state index is -0.610. The molecule has 2 aromatic carbocycles. The van der Waals surface area contributed by atoms with E-state index < -0.39 is 10.7 Å². The van der Waals surface area contributed by atoms with E-state index in [4.69, 9.17) is 4.42 Å². The van der Waals surface area contributed by atoms with Gasteiger partial charge < -0.3 is 4.42 Å². The fourth-order valence-corrected chi connectivity index (χ4v) is 2.79. The van der Waals surface area contributed by atoms with Gasteiger partial charge in [0.05, 0.1) is 4.92 Å². The zero-order valence-electron chi connectivity index (χ0n) is 11.0. The number of para-hydroxylation sites is 1. The molecule has 0 bridgehead atoms. The lowest BCUT2D eigenvalue weighted by Gasteiger charge is -2.10. The summed E-state index contributed by atoms with van der Waals surface area (Å²) in [5.74, 6) is -0.786. The quantitative estimate of drug-likeness (QED) is 0.506. The Morgan fingerprint density at radius 3 is 2.55 bits per heavy atom. The Morgan fingerprint density at radius 1 is 1.05 bits per heavy atom. The number of benzene rings is 2. The highest BCUT2D eigenvalue weighted by Gasteiger charge is 2.30. The van der Waals surface area contributed by atoms with E-state index in [9.17, 15) is 19.7 Å². The number of carbonyl (C=O) groups is 2. The van der Waals surface area contributed by atoms with Crippen molar-refractivity contribution >= 4 is 39.2 Å². The highest BCUT2D eigenvalue weighted by molar-refractivity contribution is 6.30. The van der Waals surface area contributed by atoms with E-state index in [1.165, 1.54) is 6.08 Å². The lowest BCUT2D eigenvalue weighted by molar-refractivity contribution is -0.383. The van der Waals surface area contributed by atoms with Crippen molar-refractivity contribution in [2.24, 2.45) is 0 Å². The number of allylic oxidation sites excluding steroid dienone is 2. The second kappa shape index (κ2) is 4.11. The Kier molecular flexibility index (Phi) is 2.33. The van der Waals surface area contributed by atoms with E-state index in [-0.39, 0.29) is 28.2 Å². The zero-order chi connectivity index (χ0) is 15.4. The summed E-state index contributed by atoms with van der Waals surface area (Å²) >= 11 is 0. The second-order valence-electron chi connectivity index (χ2n) is 4.94. The summed E-state index contributed by atoms with van der Waals surface area (Å²) in [5, 5.41) is 12.2.